The molecule has 40 heavy (non-hydrogen) atoms. The van der Waals surface area contributed by atoms with Gasteiger partial charge in [0.15, 0.2) is 5.76 Å². The van der Waals surface area contributed by atoms with Gasteiger partial charge in [0.2, 0.25) is 5.82 Å². The van der Waals surface area contributed by atoms with Gasteiger partial charge in [-0.15, -0.1) is 0 Å². The molecule has 0 aliphatic carbocycles. The number of nitro groups is 1. The predicted molar refractivity (Wildman–Crippen MR) is 156 cm³/mol. The SMILES string of the molecule is O=c1c2ccccc2nc(-c2cc3ccccc3o2)n1N=Cc1cc([N+](=O)[O-])ccc1OCc1ccc(Br)cc1. The molecule has 2 heterocycles. The summed E-state index contributed by atoms with van der Waals surface area (Å²) in [6.07, 6.45) is 1.36. The molecule has 6 aromatic rings. The lowest BCUT2D eigenvalue weighted by Gasteiger charge is -2.10. The molecular weight excluding hydrogens is 576 g/mol. The van der Waals surface area contributed by atoms with Crippen LogP contribution < -0.4 is 10.3 Å². The third kappa shape index (κ3) is 4.99. The summed E-state index contributed by atoms with van der Waals surface area (Å²) in [6.45, 7) is 0.230. The standard InChI is InChI=1S/C30H19BrN4O5/c31-22-11-9-19(10-12-22)18-39-26-14-13-23(35(37)38)15-21(26)17-32-34-29(28-16-20-5-1-4-8-27(20)40-28)33-25-7-3-2-6-24(25)30(34)36/h1-17H,18H2. The average molecular weight is 595 g/mol. The van der Waals surface area contributed by atoms with Gasteiger partial charge in [-0.1, -0.05) is 58.4 Å². The summed E-state index contributed by atoms with van der Waals surface area (Å²) in [6, 6.07) is 28.0. The molecule has 0 saturated heterocycles. The third-order valence-electron chi connectivity index (χ3n) is 6.22. The zero-order chi connectivity index (χ0) is 27.6. The highest BCUT2D eigenvalue weighted by Crippen LogP contribution is 2.28. The number of aromatic nitrogens is 2. The first kappa shape index (κ1) is 25.2. The van der Waals surface area contributed by atoms with Crippen molar-refractivity contribution < 1.29 is 14.1 Å². The van der Waals surface area contributed by atoms with Crippen molar-refractivity contribution in [3.8, 4) is 17.3 Å². The molecule has 9 nitrogen and oxygen atoms in total. The fraction of sp³-hybridized carbons (Fsp3) is 0.0333. The van der Waals surface area contributed by atoms with E-state index in [9.17, 15) is 14.9 Å². The number of fused-ring (bicyclic) bond motifs is 2. The van der Waals surface area contributed by atoms with E-state index in [1.54, 1.807) is 30.3 Å². The Hall–Kier alpha value is -5.09. The number of para-hydroxylation sites is 2. The lowest BCUT2D eigenvalue weighted by atomic mass is 10.2. The Labute approximate surface area is 235 Å². The number of nitro benzene ring substituents is 1. The summed E-state index contributed by atoms with van der Waals surface area (Å²) in [5, 5.41) is 17.2. The number of hydrogen-bond acceptors (Lipinski definition) is 7. The second kappa shape index (κ2) is 10.6. The first-order valence-corrected chi connectivity index (χ1v) is 13.0. The van der Waals surface area contributed by atoms with Gasteiger partial charge in [-0.25, -0.2) is 4.98 Å². The summed E-state index contributed by atoms with van der Waals surface area (Å²) in [5.74, 6) is 0.912. The first-order chi connectivity index (χ1) is 19.5. The summed E-state index contributed by atoms with van der Waals surface area (Å²) < 4.78 is 14.1. The van der Waals surface area contributed by atoms with Crippen molar-refractivity contribution in [2.75, 3.05) is 0 Å². The van der Waals surface area contributed by atoms with Crippen LogP contribution in [-0.2, 0) is 6.61 Å². The van der Waals surface area contributed by atoms with Crippen molar-refractivity contribution in [2.24, 2.45) is 5.10 Å². The zero-order valence-corrected chi connectivity index (χ0v) is 22.3. The highest BCUT2D eigenvalue weighted by molar-refractivity contribution is 9.10. The van der Waals surface area contributed by atoms with Gasteiger partial charge >= 0.3 is 0 Å². The van der Waals surface area contributed by atoms with Crippen LogP contribution in [0.25, 0.3) is 33.5 Å². The molecule has 0 N–H and O–H groups in total. The van der Waals surface area contributed by atoms with Crippen molar-refractivity contribution >= 4 is 49.7 Å². The van der Waals surface area contributed by atoms with E-state index >= 15 is 0 Å². The lowest BCUT2D eigenvalue weighted by Crippen LogP contribution is -2.20. The largest absolute Gasteiger partial charge is 0.488 e. The van der Waals surface area contributed by atoms with Gasteiger partial charge in [0.25, 0.3) is 11.2 Å². The molecule has 0 amide bonds. The van der Waals surface area contributed by atoms with E-state index in [2.05, 4.69) is 26.0 Å². The minimum absolute atomic E-state index is 0.140. The third-order valence-corrected chi connectivity index (χ3v) is 6.75. The Bertz CT molecular complexity index is 1950. The molecule has 4 aromatic carbocycles. The summed E-state index contributed by atoms with van der Waals surface area (Å²) >= 11 is 3.41. The van der Waals surface area contributed by atoms with Crippen molar-refractivity contribution in [1.29, 1.82) is 0 Å². The van der Waals surface area contributed by atoms with Gasteiger partial charge in [-0.05, 0) is 48.0 Å². The summed E-state index contributed by atoms with van der Waals surface area (Å²) in [4.78, 5) is 29.3. The minimum Gasteiger partial charge on any atom is -0.488 e. The molecular formula is C30H19BrN4O5. The lowest BCUT2D eigenvalue weighted by molar-refractivity contribution is -0.384. The maximum Gasteiger partial charge on any atom is 0.282 e. The van der Waals surface area contributed by atoms with Crippen molar-refractivity contribution in [1.82, 2.24) is 9.66 Å². The number of halogens is 1. The molecule has 0 atom stereocenters. The van der Waals surface area contributed by atoms with E-state index < -0.39 is 10.5 Å². The fourth-order valence-electron chi connectivity index (χ4n) is 4.23. The second-order valence-corrected chi connectivity index (χ2v) is 9.77. The molecule has 0 aliphatic rings. The number of rotatable bonds is 7. The Morgan fingerprint density at radius 1 is 1.00 bits per heavy atom. The molecule has 0 spiro atoms. The summed E-state index contributed by atoms with van der Waals surface area (Å²) in [7, 11) is 0. The summed E-state index contributed by atoms with van der Waals surface area (Å²) in [5.41, 5.74) is 1.80. The van der Waals surface area contributed by atoms with E-state index in [0.29, 0.717) is 33.6 Å². The number of hydrogen-bond donors (Lipinski definition) is 0. The zero-order valence-electron chi connectivity index (χ0n) is 20.7. The van der Waals surface area contributed by atoms with Crippen LogP contribution in [0.1, 0.15) is 11.1 Å². The Morgan fingerprint density at radius 3 is 2.58 bits per heavy atom. The van der Waals surface area contributed by atoms with Crippen LogP contribution in [-0.4, -0.2) is 20.8 Å². The van der Waals surface area contributed by atoms with Crippen molar-refractivity contribution in [2.45, 2.75) is 6.61 Å². The van der Waals surface area contributed by atoms with Gasteiger partial charge in [0.05, 0.1) is 22.0 Å². The minimum atomic E-state index is -0.501. The smallest absolute Gasteiger partial charge is 0.282 e. The number of benzene rings is 4. The second-order valence-electron chi connectivity index (χ2n) is 8.86. The molecule has 196 valence electrons. The molecule has 0 radical (unpaired) electrons. The highest BCUT2D eigenvalue weighted by atomic mass is 79.9. The number of furan rings is 1. The van der Waals surface area contributed by atoms with Gasteiger partial charge in [0, 0.05) is 27.6 Å². The predicted octanol–water partition coefficient (Wildman–Crippen LogP) is 6.94. The van der Waals surface area contributed by atoms with Crippen LogP contribution >= 0.6 is 15.9 Å². The van der Waals surface area contributed by atoms with Crippen LogP contribution in [0.15, 0.2) is 116 Å². The van der Waals surface area contributed by atoms with Gasteiger partial charge in [-0.3, -0.25) is 14.9 Å². The number of nitrogens with zero attached hydrogens (tertiary/aromatic N) is 4. The molecule has 10 heteroatoms. The molecule has 0 aliphatic heterocycles. The quantitative estimate of drug-likeness (QED) is 0.112. The molecule has 0 bridgehead atoms. The van der Waals surface area contributed by atoms with Gasteiger partial charge in [-0.2, -0.15) is 9.78 Å². The van der Waals surface area contributed by atoms with Crippen LogP contribution in [0.3, 0.4) is 0 Å². The molecule has 0 saturated carbocycles. The molecule has 0 unspecified atom stereocenters. The van der Waals surface area contributed by atoms with Crippen LogP contribution in [0.4, 0.5) is 5.69 Å². The van der Waals surface area contributed by atoms with Crippen LogP contribution in [0.5, 0.6) is 5.75 Å². The average Bonchev–Trinajstić information content (AvgIpc) is 3.41. The molecule has 0 fully saturated rings. The van der Waals surface area contributed by atoms with Gasteiger partial charge < -0.3 is 9.15 Å². The van der Waals surface area contributed by atoms with Crippen LogP contribution in [0, 0.1) is 10.1 Å². The Balaban J connectivity index is 1.46. The van der Waals surface area contributed by atoms with Crippen molar-refractivity contribution in [3.63, 3.8) is 0 Å². The normalized spacial score (nSPS) is 11.4. The number of ether oxygens (including phenoxy) is 1. The first-order valence-electron chi connectivity index (χ1n) is 12.2. The maximum atomic E-state index is 13.6. The Morgan fingerprint density at radius 2 is 1.77 bits per heavy atom. The van der Waals surface area contributed by atoms with Crippen molar-refractivity contribution in [3.05, 3.63) is 133 Å². The van der Waals surface area contributed by atoms with E-state index in [0.717, 1.165) is 20.1 Å². The monoisotopic (exact) mass is 594 g/mol. The Kier molecular flexibility index (Phi) is 6.67. The van der Waals surface area contributed by atoms with Crippen LogP contribution in [0.2, 0.25) is 0 Å². The fourth-order valence-corrected chi connectivity index (χ4v) is 4.49. The van der Waals surface area contributed by atoms with E-state index in [1.807, 2.05) is 48.5 Å². The van der Waals surface area contributed by atoms with E-state index in [4.69, 9.17) is 9.15 Å². The highest BCUT2D eigenvalue weighted by Gasteiger charge is 2.17. The number of non-ortho nitro benzene ring substituents is 1. The van der Waals surface area contributed by atoms with E-state index in [-0.39, 0.29) is 18.1 Å². The molecule has 6 rings (SSSR count). The van der Waals surface area contributed by atoms with Gasteiger partial charge in [0.1, 0.15) is 17.9 Å². The maximum absolute atomic E-state index is 13.6. The molecule has 2 aromatic heterocycles. The van der Waals surface area contributed by atoms with E-state index in [1.165, 1.54) is 24.4 Å². The topological polar surface area (TPSA) is 113 Å².